The molecule has 1 amide bonds. The van der Waals surface area contributed by atoms with Crippen molar-refractivity contribution in [1.82, 2.24) is 20.3 Å². The Labute approximate surface area is 159 Å². The van der Waals surface area contributed by atoms with Crippen LogP contribution >= 0.6 is 0 Å². The number of aliphatic imine (C=N–C) groups is 1. The molecule has 148 valence electrons. The van der Waals surface area contributed by atoms with Crippen molar-refractivity contribution in [3.05, 3.63) is 48.1 Å². The summed E-state index contributed by atoms with van der Waals surface area (Å²) < 4.78 is 39.3. The molecule has 0 bridgehead atoms. The second-order valence-corrected chi connectivity index (χ2v) is 6.79. The zero-order valence-corrected chi connectivity index (χ0v) is 14.9. The number of halogens is 3. The third kappa shape index (κ3) is 3.72. The molecule has 7 nitrogen and oxygen atoms in total. The molecule has 0 saturated carbocycles. The Morgan fingerprint density at radius 3 is 2.93 bits per heavy atom. The molecule has 3 aliphatic heterocycles. The molecule has 3 aliphatic rings. The van der Waals surface area contributed by atoms with Gasteiger partial charge in [-0.2, -0.15) is 13.2 Å². The van der Waals surface area contributed by atoms with Crippen molar-refractivity contribution in [1.29, 1.82) is 0 Å². The number of fused-ring (bicyclic) bond motifs is 1. The lowest BCUT2D eigenvalue weighted by molar-refractivity contribution is -0.183. The first-order valence-electron chi connectivity index (χ1n) is 8.98. The van der Waals surface area contributed by atoms with Gasteiger partial charge in [-0.3, -0.25) is 9.80 Å². The summed E-state index contributed by atoms with van der Waals surface area (Å²) in [6, 6.07) is 5.17. The minimum Gasteiger partial charge on any atom is -0.356 e. The van der Waals surface area contributed by atoms with E-state index in [0.717, 1.165) is 0 Å². The summed E-state index contributed by atoms with van der Waals surface area (Å²) in [6.07, 6.45) is 1.27. The molecule has 4 heterocycles. The quantitative estimate of drug-likeness (QED) is 0.808. The number of pyridine rings is 1. The number of hydrogen-bond acceptors (Lipinski definition) is 6. The van der Waals surface area contributed by atoms with Gasteiger partial charge in [-0.1, -0.05) is 6.07 Å². The number of amides is 1. The number of likely N-dealkylation sites (tertiary alicyclic amines) is 1. The van der Waals surface area contributed by atoms with Gasteiger partial charge in [-0.05, 0) is 31.1 Å². The van der Waals surface area contributed by atoms with Crippen LogP contribution in [0.2, 0.25) is 0 Å². The van der Waals surface area contributed by atoms with Crippen LogP contribution in [-0.2, 0) is 4.79 Å². The molecule has 10 heteroatoms. The Kier molecular flexibility index (Phi) is 4.80. The largest absolute Gasteiger partial charge is 0.393 e. The highest BCUT2D eigenvalue weighted by atomic mass is 19.4. The van der Waals surface area contributed by atoms with E-state index in [-0.39, 0.29) is 25.4 Å². The van der Waals surface area contributed by atoms with E-state index in [4.69, 9.17) is 0 Å². The molecule has 1 saturated heterocycles. The van der Waals surface area contributed by atoms with E-state index in [0.29, 0.717) is 36.0 Å². The van der Waals surface area contributed by atoms with E-state index < -0.39 is 12.1 Å². The van der Waals surface area contributed by atoms with Crippen LogP contribution in [0.4, 0.5) is 19.0 Å². The fourth-order valence-corrected chi connectivity index (χ4v) is 3.43. The summed E-state index contributed by atoms with van der Waals surface area (Å²) in [5, 5.41) is 4.31. The van der Waals surface area contributed by atoms with Crippen LogP contribution in [0, 0.1) is 5.92 Å². The fraction of sp³-hybridized carbons (Fsp3) is 0.389. The lowest BCUT2D eigenvalue weighted by Crippen LogP contribution is -2.45. The Balaban J connectivity index is 1.55. The van der Waals surface area contributed by atoms with Crippen LogP contribution in [0.5, 0.6) is 0 Å². The van der Waals surface area contributed by atoms with Gasteiger partial charge in [0, 0.05) is 32.0 Å². The molecule has 2 N–H and O–H groups in total. The molecule has 28 heavy (non-hydrogen) atoms. The highest BCUT2D eigenvalue weighted by Crippen LogP contribution is 2.34. The highest BCUT2D eigenvalue weighted by Gasteiger charge is 2.42. The van der Waals surface area contributed by atoms with Gasteiger partial charge in [0.25, 0.3) is 5.91 Å². The predicted molar refractivity (Wildman–Crippen MR) is 96.7 cm³/mol. The summed E-state index contributed by atoms with van der Waals surface area (Å²) in [6.45, 7) is 0.648. The number of nitrogens with one attached hydrogen (secondary N) is 2. The maximum atomic E-state index is 13.1. The van der Waals surface area contributed by atoms with Crippen LogP contribution in [0.3, 0.4) is 0 Å². The number of carbonyl (C=O) groups excluding carboxylic acids is 1. The average molecular weight is 392 g/mol. The maximum Gasteiger partial charge on any atom is 0.393 e. The number of anilines is 1. The number of alkyl halides is 3. The van der Waals surface area contributed by atoms with E-state index in [1.54, 1.807) is 46.6 Å². The van der Waals surface area contributed by atoms with Gasteiger partial charge < -0.3 is 10.2 Å². The van der Waals surface area contributed by atoms with E-state index in [1.807, 2.05) is 0 Å². The average Bonchev–Trinajstić information content (AvgIpc) is 3.11. The van der Waals surface area contributed by atoms with E-state index >= 15 is 0 Å². The predicted octanol–water partition coefficient (Wildman–Crippen LogP) is 2.25. The molecule has 1 aromatic heterocycles. The number of rotatable bonds is 2. The van der Waals surface area contributed by atoms with Crippen LogP contribution < -0.4 is 10.7 Å². The minimum atomic E-state index is -4.22. The lowest BCUT2D eigenvalue weighted by Gasteiger charge is -2.36. The first kappa shape index (κ1) is 18.5. The van der Waals surface area contributed by atoms with Gasteiger partial charge in [0.1, 0.15) is 11.7 Å². The van der Waals surface area contributed by atoms with Crippen LogP contribution in [0.25, 0.3) is 0 Å². The van der Waals surface area contributed by atoms with Crippen molar-refractivity contribution in [3.8, 4) is 0 Å². The van der Waals surface area contributed by atoms with Crippen molar-refractivity contribution in [2.75, 3.05) is 25.0 Å². The number of hydrogen-bond donors (Lipinski definition) is 2. The molecule has 1 fully saturated rings. The molecular weight excluding hydrogens is 373 g/mol. The summed E-state index contributed by atoms with van der Waals surface area (Å²) in [7, 11) is 0. The van der Waals surface area contributed by atoms with Gasteiger partial charge in [0.05, 0.1) is 11.5 Å². The van der Waals surface area contributed by atoms with E-state index in [1.165, 1.54) is 0 Å². The topological polar surface area (TPSA) is 72.9 Å². The lowest BCUT2D eigenvalue weighted by atomic mass is 9.97. The molecular formula is C18H19F3N6O. The number of piperidine rings is 1. The van der Waals surface area contributed by atoms with E-state index in [2.05, 4.69) is 20.7 Å². The summed E-state index contributed by atoms with van der Waals surface area (Å²) >= 11 is 0. The van der Waals surface area contributed by atoms with Gasteiger partial charge in [0.2, 0.25) is 0 Å². The smallest absolute Gasteiger partial charge is 0.356 e. The monoisotopic (exact) mass is 392 g/mol. The molecule has 1 unspecified atom stereocenters. The van der Waals surface area contributed by atoms with Gasteiger partial charge in [-0.15, -0.1) is 0 Å². The zero-order valence-electron chi connectivity index (χ0n) is 14.9. The number of carbonyl (C=O) groups is 1. The Morgan fingerprint density at radius 1 is 1.32 bits per heavy atom. The zero-order chi connectivity index (χ0) is 19.7. The molecule has 4 rings (SSSR count). The number of aromatic nitrogens is 1. The van der Waals surface area contributed by atoms with Gasteiger partial charge >= 0.3 is 6.18 Å². The van der Waals surface area contributed by atoms with Crippen LogP contribution in [0.1, 0.15) is 12.8 Å². The molecule has 0 radical (unpaired) electrons. The van der Waals surface area contributed by atoms with Crippen molar-refractivity contribution in [3.63, 3.8) is 0 Å². The van der Waals surface area contributed by atoms with Crippen LogP contribution in [-0.4, -0.2) is 52.4 Å². The highest BCUT2D eigenvalue weighted by molar-refractivity contribution is 6.05. The van der Waals surface area contributed by atoms with Crippen molar-refractivity contribution in [2.24, 2.45) is 10.9 Å². The molecule has 0 spiro atoms. The number of hydrazine groups is 1. The van der Waals surface area contributed by atoms with E-state index in [9.17, 15) is 18.0 Å². The van der Waals surface area contributed by atoms with Crippen molar-refractivity contribution in [2.45, 2.75) is 19.0 Å². The van der Waals surface area contributed by atoms with Crippen molar-refractivity contribution >= 4 is 17.6 Å². The number of amidine groups is 1. The van der Waals surface area contributed by atoms with Gasteiger partial charge in [0.15, 0.2) is 5.82 Å². The fourth-order valence-electron chi connectivity index (χ4n) is 3.43. The second kappa shape index (κ2) is 7.27. The summed E-state index contributed by atoms with van der Waals surface area (Å²) in [5.74, 6) is -0.474. The van der Waals surface area contributed by atoms with Crippen molar-refractivity contribution < 1.29 is 18.0 Å². The summed E-state index contributed by atoms with van der Waals surface area (Å²) in [4.78, 5) is 22.8. The molecule has 1 atom stereocenters. The maximum absolute atomic E-state index is 13.1. The summed E-state index contributed by atoms with van der Waals surface area (Å²) in [5.41, 5.74) is 3.42. The van der Waals surface area contributed by atoms with Crippen LogP contribution in [0.15, 0.2) is 53.1 Å². The SMILES string of the molecule is O=C(Nc1ccccn1)C1=C2N=C(N3CCCC(C(F)(F)F)C3)C=CN2NC1. The molecule has 0 aliphatic carbocycles. The third-order valence-electron chi connectivity index (χ3n) is 4.91. The normalized spacial score (nSPS) is 22.2. The second-order valence-electron chi connectivity index (χ2n) is 6.79. The number of nitrogens with zero attached hydrogens (tertiary/aromatic N) is 4. The first-order valence-corrected chi connectivity index (χ1v) is 8.98. The minimum absolute atomic E-state index is 0.122. The standard InChI is InChI=1S/C18H19F3N6O/c19-18(20,21)12-4-3-8-26(11-12)15-6-9-27-16(25-15)13(10-23-27)17(28)24-14-5-1-2-7-22-14/h1-2,5-7,9,12,23H,3-4,8,10-11H2,(H,22,24,28). The third-order valence-corrected chi connectivity index (χ3v) is 4.91. The first-order chi connectivity index (χ1) is 13.4. The molecule has 1 aromatic rings. The van der Waals surface area contributed by atoms with Gasteiger partial charge in [-0.25, -0.2) is 15.4 Å². The molecule has 0 aromatic carbocycles. The Hall–Kier alpha value is -2.88. The Morgan fingerprint density at radius 2 is 2.18 bits per heavy atom. The Bertz CT molecular complexity index is 849.